The van der Waals surface area contributed by atoms with E-state index < -0.39 is 0 Å². The fraction of sp³-hybridized carbons (Fsp3) is 0.222. The van der Waals surface area contributed by atoms with Crippen molar-refractivity contribution in [2.24, 2.45) is 0 Å². The average Bonchev–Trinajstić information content (AvgIpc) is 2.36. The Morgan fingerprint density at radius 2 is 1.55 bits per heavy atom. The van der Waals surface area contributed by atoms with Gasteiger partial charge in [0.25, 0.3) is 0 Å². The third kappa shape index (κ3) is 2.85. The topological polar surface area (TPSA) is 38.0 Å². The van der Waals surface area contributed by atoms with Gasteiger partial charge in [-0.15, -0.1) is 0 Å². The van der Waals surface area contributed by atoms with Gasteiger partial charge in [0.15, 0.2) is 0 Å². The van der Waals surface area contributed by atoms with Crippen molar-refractivity contribution in [1.29, 1.82) is 0 Å². The van der Waals surface area contributed by atoms with E-state index in [2.05, 4.69) is 50.9 Å². The van der Waals surface area contributed by atoms with Crippen molar-refractivity contribution < 1.29 is 0 Å². The number of nitrogens with two attached hydrogens (primary N) is 1. The lowest BCUT2D eigenvalue weighted by Crippen LogP contribution is -2.02. The fourth-order valence-corrected chi connectivity index (χ4v) is 2.46. The molecular formula is C18H22N2. The Balaban J connectivity index is 2.30. The molecule has 3 N–H and O–H groups in total. The quantitative estimate of drug-likeness (QED) is 0.798. The fourth-order valence-electron chi connectivity index (χ4n) is 2.46. The van der Waals surface area contributed by atoms with E-state index >= 15 is 0 Å². The Labute approximate surface area is 121 Å². The van der Waals surface area contributed by atoms with Crippen molar-refractivity contribution in [3.05, 3.63) is 64.7 Å². The SMILES string of the molecule is C=C(Nc1c(C)cc(C)cc1C)c1ccc(N)c(C)c1. The number of rotatable bonds is 3. The molecule has 0 aliphatic rings. The lowest BCUT2D eigenvalue weighted by molar-refractivity contribution is 1.31. The van der Waals surface area contributed by atoms with Crippen molar-refractivity contribution in [2.75, 3.05) is 11.1 Å². The molecule has 0 heterocycles. The van der Waals surface area contributed by atoms with E-state index in [1.807, 2.05) is 19.1 Å². The van der Waals surface area contributed by atoms with Crippen molar-refractivity contribution in [1.82, 2.24) is 0 Å². The second kappa shape index (κ2) is 5.41. The monoisotopic (exact) mass is 266 g/mol. The molecule has 20 heavy (non-hydrogen) atoms. The Bertz CT molecular complexity index is 646. The molecule has 2 rings (SSSR count). The molecule has 0 unspecified atom stereocenters. The lowest BCUT2D eigenvalue weighted by Gasteiger charge is -2.16. The van der Waals surface area contributed by atoms with Crippen molar-refractivity contribution >= 4 is 17.1 Å². The molecular weight excluding hydrogens is 244 g/mol. The zero-order chi connectivity index (χ0) is 14.9. The molecule has 2 heteroatoms. The summed E-state index contributed by atoms with van der Waals surface area (Å²) < 4.78 is 0. The highest BCUT2D eigenvalue weighted by Gasteiger charge is 2.07. The largest absolute Gasteiger partial charge is 0.399 e. The molecule has 0 amide bonds. The van der Waals surface area contributed by atoms with Crippen LogP contribution in [0.1, 0.15) is 27.8 Å². The lowest BCUT2D eigenvalue weighted by atomic mass is 10.0. The van der Waals surface area contributed by atoms with Gasteiger partial charge in [-0.2, -0.15) is 0 Å². The summed E-state index contributed by atoms with van der Waals surface area (Å²) in [5.41, 5.74) is 14.6. The maximum atomic E-state index is 5.86. The molecule has 0 saturated heterocycles. The maximum absolute atomic E-state index is 5.86. The summed E-state index contributed by atoms with van der Waals surface area (Å²) in [4.78, 5) is 0. The molecule has 0 fully saturated rings. The Morgan fingerprint density at radius 1 is 0.950 bits per heavy atom. The van der Waals surface area contributed by atoms with E-state index in [1.54, 1.807) is 0 Å². The minimum absolute atomic E-state index is 0.809. The molecule has 2 aromatic carbocycles. The number of nitrogen functional groups attached to an aromatic ring is 1. The molecule has 0 spiro atoms. The summed E-state index contributed by atoms with van der Waals surface area (Å²) in [6, 6.07) is 10.3. The third-order valence-electron chi connectivity index (χ3n) is 3.57. The van der Waals surface area contributed by atoms with Crippen molar-refractivity contribution in [3.8, 4) is 0 Å². The third-order valence-corrected chi connectivity index (χ3v) is 3.57. The molecule has 104 valence electrons. The van der Waals surface area contributed by atoms with Gasteiger partial charge in [0, 0.05) is 17.1 Å². The van der Waals surface area contributed by atoms with E-state index in [0.717, 1.165) is 28.2 Å². The van der Waals surface area contributed by atoms with Crippen LogP contribution in [-0.4, -0.2) is 0 Å². The van der Waals surface area contributed by atoms with Crippen LogP contribution in [0.2, 0.25) is 0 Å². The van der Waals surface area contributed by atoms with E-state index in [0.29, 0.717) is 0 Å². The van der Waals surface area contributed by atoms with Gasteiger partial charge >= 0.3 is 0 Å². The minimum Gasteiger partial charge on any atom is -0.399 e. The summed E-state index contributed by atoms with van der Waals surface area (Å²) in [6.45, 7) is 12.5. The molecule has 2 aromatic rings. The summed E-state index contributed by atoms with van der Waals surface area (Å²) in [5.74, 6) is 0. The first-order chi connectivity index (χ1) is 9.38. The molecule has 0 saturated carbocycles. The molecule has 2 nitrogen and oxygen atoms in total. The first kappa shape index (κ1) is 14.2. The maximum Gasteiger partial charge on any atom is 0.0443 e. The first-order valence-electron chi connectivity index (χ1n) is 6.78. The number of nitrogens with one attached hydrogen (secondary N) is 1. The van der Waals surface area contributed by atoms with Gasteiger partial charge in [0.2, 0.25) is 0 Å². The molecule has 0 aliphatic heterocycles. The van der Waals surface area contributed by atoms with Gasteiger partial charge in [-0.05, 0) is 62.1 Å². The van der Waals surface area contributed by atoms with Crippen LogP contribution >= 0.6 is 0 Å². The molecule has 0 aromatic heterocycles. The van der Waals surface area contributed by atoms with Crippen molar-refractivity contribution in [2.45, 2.75) is 27.7 Å². The van der Waals surface area contributed by atoms with Crippen LogP contribution < -0.4 is 11.1 Å². The number of hydrogen-bond donors (Lipinski definition) is 2. The normalized spacial score (nSPS) is 10.4. The van der Waals surface area contributed by atoms with E-state index in [1.165, 1.54) is 16.7 Å². The summed E-state index contributed by atoms with van der Waals surface area (Å²) >= 11 is 0. The van der Waals surface area contributed by atoms with Crippen LogP contribution in [0, 0.1) is 27.7 Å². The van der Waals surface area contributed by atoms with Gasteiger partial charge in [0.1, 0.15) is 0 Å². The predicted octanol–water partition coefficient (Wildman–Crippen LogP) is 4.59. The number of aryl methyl sites for hydroxylation is 4. The molecule has 0 aliphatic carbocycles. The van der Waals surface area contributed by atoms with Gasteiger partial charge in [-0.25, -0.2) is 0 Å². The highest BCUT2D eigenvalue weighted by molar-refractivity contribution is 5.79. The molecule has 0 radical (unpaired) electrons. The average molecular weight is 266 g/mol. The highest BCUT2D eigenvalue weighted by Crippen LogP contribution is 2.26. The van der Waals surface area contributed by atoms with Crippen LogP contribution in [0.25, 0.3) is 5.70 Å². The van der Waals surface area contributed by atoms with Crippen LogP contribution in [-0.2, 0) is 0 Å². The van der Waals surface area contributed by atoms with Crippen LogP contribution in [0.3, 0.4) is 0 Å². The zero-order valence-electron chi connectivity index (χ0n) is 12.7. The molecule has 0 bridgehead atoms. The second-order valence-corrected chi connectivity index (χ2v) is 5.45. The smallest absolute Gasteiger partial charge is 0.0443 e. The van der Waals surface area contributed by atoms with Crippen LogP contribution in [0.5, 0.6) is 0 Å². The Morgan fingerprint density at radius 3 is 2.10 bits per heavy atom. The Hall–Kier alpha value is -2.22. The number of anilines is 2. The van der Waals surface area contributed by atoms with Crippen LogP contribution in [0.4, 0.5) is 11.4 Å². The summed E-state index contributed by atoms with van der Waals surface area (Å²) in [6.07, 6.45) is 0. The van der Waals surface area contributed by atoms with Gasteiger partial charge < -0.3 is 11.1 Å². The first-order valence-corrected chi connectivity index (χ1v) is 6.78. The van der Waals surface area contributed by atoms with Crippen LogP contribution in [0.15, 0.2) is 36.9 Å². The highest BCUT2D eigenvalue weighted by atomic mass is 14.9. The number of hydrogen-bond acceptors (Lipinski definition) is 2. The van der Waals surface area contributed by atoms with Gasteiger partial charge in [-0.1, -0.05) is 30.3 Å². The predicted molar refractivity (Wildman–Crippen MR) is 88.9 cm³/mol. The second-order valence-electron chi connectivity index (χ2n) is 5.45. The van der Waals surface area contributed by atoms with Crippen molar-refractivity contribution in [3.63, 3.8) is 0 Å². The molecule has 0 atom stereocenters. The van der Waals surface area contributed by atoms with E-state index in [-0.39, 0.29) is 0 Å². The number of benzene rings is 2. The summed E-state index contributed by atoms with van der Waals surface area (Å²) in [5, 5.41) is 3.43. The van der Waals surface area contributed by atoms with Gasteiger partial charge in [0.05, 0.1) is 0 Å². The summed E-state index contributed by atoms with van der Waals surface area (Å²) in [7, 11) is 0. The minimum atomic E-state index is 0.809. The van der Waals surface area contributed by atoms with E-state index in [4.69, 9.17) is 5.73 Å². The zero-order valence-corrected chi connectivity index (χ0v) is 12.7. The Kier molecular flexibility index (Phi) is 3.84. The standard InChI is InChI=1S/C18H22N2/c1-11-8-13(3)18(14(4)9-11)20-15(5)16-6-7-17(19)12(2)10-16/h6-10,20H,5,19H2,1-4H3. The van der Waals surface area contributed by atoms with Gasteiger partial charge in [-0.3, -0.25) is 0 Å². The van der Waals surface area contributed by atoms with E-state index in [9.17, 15) is 0 Å².